The third kappa shape index (κ3) is 2.84. The molecular weight excluding hydrogens is 308 g/mol. The van der Waals surface area contributed by atoms with Gasteiger partial charge in [-0.3, -0.25) is 0 Å². The molecule has 1 aromatic rings. The van der Waals surface area contributed by atoms with Gasteiger partial charge in [0.15, 0.2) is 0 Å². The van der Waals surface area contributed by atoms with Crippen LogP contribution in [0.15, 0.2) is 28.8 Å². The third-order valence-corrected chi connectivity index (χ3v) is 4.35. The Bertz CT molecular complexity index is 522. The molecule has 0 radical (unpaired) electrons. The van der Waals surface area contributed by atoms with Gasteiger partial charge in [-0.2, -0.15) is 0 Å². The highest BCUT2D eigenvalue weighted by Crippen LogP contribution is 2.35. The van der Waals surface area contributed by atoms with Crippen LogP contribution in [0.3, 0.4) is 0 Å². The monoisotopic (exact) mass is 324 g/mol. The van der Waals surface area contributed by atoms with Crippen molar-refractivity contribution in [1.82, 2.24) is 0 Å². The van der Waals surface area contributed by atoms with E-state index in [1.165, 1.54) is 0 Å². The van der Waals surface area contributed by atoms with E-state index in [1.807, 2.05) is 6.92 Å². The second kappa shape index (κ2) is 5.78. The Kier molecular flexibility index (Phi) is 4.30. The van der Waals surface area contributed by atoms with Crippen molar-refractivity contribution >= 4 is 21.9 Å². The number of aromatic carboxylic acids is 1. The summed E-state index contributed by atoms with van der Waals surface area (Å²) in [6.07, 6.45) is 3.79. The van der Waals surface area contributed by atoms with Gasteiger partial charge in [-0.25, -0.2) is 4.79 Å². The highest BCUT2D eigenvalue weighted by atomic mass is 79.9. The maximum Gasteiger partial charge on any atom is 0.336 e. The summed E-state index contributed by atoms with van der Waals surface area (Å²) >= 11 is 3.47. The van der Waals surface area contributed by atoms with Crippen LogP contribution in [0.4, 0.5) is 0 Å². The molecule has 102 valence electrons. The summed E-state index contributed by atoms with van der Waals surface area (Å²) in [4.78, 5) is 11.2. The highest BCUT2D eigenvalue weighted by molar-refractivity contribution is 9.10. The Morgan fingerprint density at radius 1 is 1.58 bits per heavy atom. The number of rotatable bonds is 4. The van der Waals surface area contributed by atoms with Crippen LogP contribution in [0.5, 0.6) is 5.75 Å². The van der Waals surface area contributed by atoms with Crippen LogP contribution in [-0.4, -0.2) is 17.2 Å². The number of benzene rings is 1. The van der Waals surface area contributed by atoms with E-state index in [0.717, 1.165) is 34.9 Å². The number of hydrogen-bond donors (Lipinski definition) is 1. The molecule has 0 amide bonds. The lowest BCUT2D eigenvalue weighted by atomic mass is 10.0. The van der Waals surface area contributed by atoms with E-state index < -0.39 is 5.97 Å². The molecule has 3 nitrogen and oxygen atoms in total. The molecule has 2 rings (SSSR count). The topological polar surface area (TPSA) is 46.5 Å². The Labute approximate surface area is 121 Å². The fourth-order valence-corrected chi connectivity index (χ4v) is 3.13. The molecule has 19 heavy (non-hydrogen) atoms. The molecule has 1 aliphatic rings. The molecule has 0 aliphatic heterocycles. The van der Waals surface area contributed by atoms with Crippen LogP contribution in [0.2, 0.25) is 0 Å². The van der Waals surface area contributed by atoms with Crippen LogP contribution in [-0.2, 0) is 6.42 Å². The van der Waals surface area contributed by atoms with Crippen molar-refractivity contribution < 1.29 is 14.6 Å². The standard InChI is InChI=1S/C15H17BrO3/c1-3-10-11(15(17)18)7-8-13(14(10)16)19-12-6-4-5-9(12)2/h7-8,12H,2-6H2,1H3,(H,17,18). The molecular formula is C15H17BrO3. The van der Waals surface area contributed by atoms with Crippen LogP contribution >= 0.6 is 15.9 Å². The van der Waals surface area contributed by atoms with Gasteiger partial charge in [-0.05, 0) is 64.9 Å². The van der Waals surface area contributed by atoms with E-state index in [2.05, 4.69) is 22.5 Å². The maximum atomic E-state index is 11.2. The van der Waals surface area contributed by atoms with E-state index in [9.17, 15) is 4.79 Å². The van der Waals surface area contributed by atoms with Crippen LogP contribution < -0.4 is 4.74 Å². The van der Waals surface area contributed by atoms with Crippen molar-refractivity contribution in [2.45, 2.75) is 38.7 Å². The molecule has 1 saturated carbocycles. The number of halogens is 1. The molecule has 1 aromatic carbocycles. The number of carbonyl (C=O) groups is 1. The van der Waals surface area contributed by atoms with Crippen molar-refractivity contribution in [3.05, 3.63) is 39.9 Å². The summed E-state index contributed by atoms with van der Waals surface area (Å²) in [7, 11) is 0. The zero-order chi connectivity index (χ0) is 14.0. The lowest BCUT2D eigenvalue weighted by molar-refractivity contribution is 0.0695. The zero-order valence-corrected chi connectivity index (χ0v) is 12.5. The van der Waals surface area contributed by atoms with E-state index in [4.69, 9.17) is 9.84 Å². The number of carboxylic acids is 1. The SMILES string of the molecule is C=C1CCCC1Oc1ccc(C(=O)O)c(CC)c1Br. The Balaban J connectivity index is 2.32. The van der Waals surface area contributed by atoms with Crippen LogP contribution in [0, 0.1) is 0 Å². The first-order valence-electron chi connectivity index (χ1n) is 6.43. The van der Waals surface area contributed by atoms with Crippen molar-refractivity contribution in [1.29, 1.82) is 0 Å². The predicted molar refractivity (Wildman–Crippen MR) is 77.9 cm³/mol. The minimum atomic E-state index is -0.908. The van der Waals surface area contributed by atoms with Crippen LogP contribution in [0.25, 0.3) is 0 Å². The fourth-order valence-electron chi connectivity index (χ4n) is 2.41. The van der Waals surface area contributed by atoms with Gasteiger partial charge in [0, 0.05) is 0 Å². The van der Waals surface area contributed by atoms with Crippen molar-refractivity contribution in [2.24, 2.45) is 0 Å². The van der Waals surface area contributed by atoms with Crippen LogP contribution in [0.1, 0.15) is 42.1 Å². The number of carboxylic acid groups (broad SMARTS) is 1. The molecule has 1 unspecified atom stereocenters. The smallest absolute Gasteiger partial charge is 0.336 e. The van der Waals surface area contributed by atoms with Gasteiger partial charge < -0.3 is 9.84 Å². The van der Waals surface area contributed by atoms with Gasteiger partial charge in [0.25, 0.3) is 0 Å². The Morgan fingerprint density at radius 2 is 2.32 bits per heavy atom. The van der Waals surface area contributed by atoms with E-state index in [0.29, 0.717) is 17.7 Å². The van der Waals surface area contributed by atoms with Gasteiger partial charge in [0.05, 0.1) is 10.0 Å². The number of ether oxygens (including phenoxy) is 1. The minimum absolute atomic E-state index is 0.0525. The summed E-state index contributed by atoms with van der Waals surface area (Å²) in [5, 5.41) is 9.16. The molecule has 1 atom stereocenters. The second-order valence-corrected chi connectivity index (χ2v) is 5.51. The summed E-state index contributed by atoms with van der Waals surface area (Å²) in [5.41, 5.74) is 2.22. The van der Waals surface area contributed by atoms with E-state index in [-0.39, 0.29) is 6.10 Å². The zero-order valence-electron chi connectivity index (χ0n) is 10.9. The normalized spacial score (nSPS) is 18.6. The molecule has 1 aliphatic carbocycles. The minimum Gasteiger partial charge on any atom is -0.485 e. The van der Waals surface area contributed by atoms with Gasteiger partial charge in [0.1, 0.15) is 11.9 Å². The molecule has 0 aromatic heterocycles. The van der Waals surface area contributed by atoms with Crippen molar-refractivity contribution in [3.63, 3.8) is 0 Å². The van der Waals surface area contributed by atoms with E-state index >= 15 is 0 Å². The molecule has 0 spiro atoms. The molecule has 1 N–H and O–H groups in total. The lowest BCUT2D eigenvalue weighted by Crippen LogP contribution is -2.14. The second-order valence-electron chi connectivity index (χ2n) is 4.72. The summed E-state index contributed by atoms with van der Waals surface area (Å²) in [5.74, 6) is -0.204. The first kappa shape index (κ1) is 14.1. The number of hydrogen-bond acceptors (Lipinski definition) is 2. The summed E-state index contributed by atoms with van der Waals surface area (Å²) in [6.45, 7) is 5.95. The lowest BCUT2D eigenvalue weighted by Gasteiger charge is -2.18. The van der Waals surface area contributed by atoms with Crippen molar-refractivity contribution in [2.75, 3.05) is 0 Å². The first-order valence-corrected chi connectivity index (χ1v) is 7.22. The first-order chi connectivity index (χ1) is 9.04. The summed E-state index contributed by atoms with van der Waals surface area (Å²) < 4.78 is 6.70. The summed E-state index contributed by atoms with van der Waals surface area (Å²) in [6, 6.07) is 3.33. The maximum absolute atomic E-state index is 11.2. The molecule has 0 bridgehead atoms. The third-order valence-electron chi connectivity index (χ3n) is 3.48. The predicted octanol–water partition coefficient (Wildman–Crippen LogP) is 4.20. The average molecular weight is 325 g/mol. The largest absolute Gasteiger partial charge is 0.485 e. The van der Waals surface area contributed by atoms with Gasteiger partial charge in [-0.1, -0.05) is 13.5 Å². The fraction of sp³-hybridized carbons (Fsp3) is 0.400. The molecule has 4 heteroatoms. The van der Waals surface area contributed by atoms with Gasteiger partial charge in [-0.15, -0.1) is 0 Å². The molecule has 0 saturated heterocycles. The van der Waals surface area contributed by atoms with E-state index in [1.54, 1.807) is 12.1 Å². The average Bonchev–Trinajstić information content (AvgIpc) is 2.77. The Hall–Kier alpha value is -1.29. The van der Waals surface area contributed by atoms with Gasteiger partial charge >= 0.3 is 5.97 Å². The Morgan fingerprint density at radius 3 is 2.84 bits per heavy atom. The quantitative estimate of drug-likeness (QED) is 0.844. The highest BCUT2D eigenvalue weighted by Gasteiger charge is 2.23. The molecule has 1 fully saturated rings. The molecule has 0 heterocycles. The van der Waals surface area contributed by atoms with Crippen molar-refractivity contribution in [3.8, 4) is 5.75 Å². The van der Waals surface area contributed by atoms with Gasteiger partial charge in [0.2, 0.25) is 0 Å².